The van der Waals surface area contributed by atoms with Crippen LogP contribution >= 0.6 is 0 Å². The number of rotatable bonds is 6. The largest absolute Gasteiger partial charge is 0.382 e. The predicted octanol–water partition coefficient (Wildman–Crippen LogP) is 3.43. The van der Waals surface area contributed by atoms with E-state index in [9.17, 15) is 20.1 Å². The maximum atomic E-state index is 13.2. The van der Waals surface area contributed by atoms with Gasteiger partial charge in [-0.2, -0.15) is 20.7 Å². The van der Waals surface area contributed by atoms with Crippen LogP contribution < -0.4 is 11.5 Å². The molecule has 10 heteroatoms. The Balaban J connectivity index is 1.47. The zero-order chi connectivity index (χ0) is 26.8. The molecule has 0 aliphatic heterocycles. The first-order chi connectivity index (χ1) is 18.4. The summed E-state index contributed by atoms with van der Waals surface area (Å²) in [6.07, 6.45) is 0. The van der Waals surface area contributed by atoms with Gasteiger partial charge in [-0.3, -0.25) is 9.59 Å². The Bertz CT molecular complexity index is 1640. The number of anilines is 2. The van der Waals surface area contributed by atoms with Crippen LogP contribution in [0.2, 0.25) is 0 Å². The second-order valence-electron chi connectivity index (χ2n) is 8.17. The highest BCUT2D eigenvalue weighted by Gasteiger charge is 2.26. The van der Waals surface area contributed by atoms with Crippen molar-refractivity contribution in [3.63, 3.8) is 0 Å². The van der Waals surface area contributed by atoms with Crippen molar-refractivity contribution in [1.82, 2.24) is 19.6 Å². The van der Waals surface area contributed by atoms with E-state index in [0.29, 0.717) is 11.4 Å². The number of hydrogen-bond acceptors (Lipinski definition) is 8. The van der Waals surface area contributed by atoms with Crippen molar-refractivity contribution >= 4 is 23.2 Å². The molecule has 0 amide bonds. The van der Waals surface area contributed by atoms with Gasteiger partial charge in [0.05, 0.1) is 11.4 Å². The van der Waals surface area contributed by atoms with E-state index in [-0.39, 0.29) is 45.3 Å². The van der Waals surface area contributed by atoms with Gasteiger partial charge in [0, 0.05) is 11.1 Å². The van der Waals surface area contributed by atoms with Crippen molar-refractivity contribution in [3.8, 4) is 23.5 Å². The molecule has 0 aliphatic carbocycles. The molecule has 5 aromatic rings. The first-order valence-electron chi connectivity index (χ1n) is 11.3. The summed E-state index contributed by atoms with van der Waals surface area (Å²) in [5.74, 6) is -0.969. The van der Waals surface area contributed by atoms with Crippen LogP contribution in [0.4, 0.5) is 11.6 Å². The minimum Gasteiger partial charge on any atom is -0.382 e. The molecule has 4 N–H and O–H groups in total. The van der Waals surface area contributed by atoms with Gasteiger partial charge in [0.1, 0.15) is 34.9 Å². The number of carbonyl (C=O) groups excluding carboxylic acids is 2. The quantitative estimate of drug-likeness (QED) is 0.335. The number of benzene rings is 3. The van der Waals surface area contributed by atoms with Crippen molar-refractivity contribution in [2.45, 2.75) is 0 Å². The summed E-state index contributed by atoms with van der Waals surface area (Å²) in [5.41, 5.74) is 13.5. The van der Waals surface area contributed by atoms with Crippen LogP contribution in [0.1, 0.15) is 43.2 Å². The fourth-order valence-corrected chi connectivity index (χ4v) is 3.98. The molecule has 182 valence electrons. The lowest BCUT2D eigenvalue weighted by molar-refractivity contribution is 0.102. The van der Waals surface area contributed by atoms with Gasteiger partial charge in [-0.1, -0.05) is 60.7 Å². The topological polar surface area (TPSA) is 169 Å². The van der Waals surface area contributed by atoms with E-state index in [1.54, 1.807) is 48.5 Å². The van der Waals surface area contributed by atoms with Crippen LogP contribution in [0.15, 0.2) is 84.9 Å². The van der Waals surface area contributed by atoms with E-state index in [4.69, 9.17) is 11.5 Å². The zero-order valence-electron chi connectivity index (χ0n) is 19.7. The highest BCUT2D eigenvalue weighted by atomic mass is 16.1. The number of hydrogen-bond donors (Lipinski definition) is 2. The van der Waals surface area contributed by atoms with Gasteiger partial charge in [-0.05, 0) is 24.3 Å². The molecule has 2 aromatic heterocycles. The second-order valence-corrected chi connectivity index (χ2v) is 8.17. The third-order valence-electron chi connectivity index (χ3n) is 5.91. The molecule has 0 bridgehead atoms. The lowest BCUT2D eigenvalue weighted by Gasteiger charge is -2.03. The standard InChI is InChI=1S/C28H18N8O2/c29-15-21-23(33-35(27(21)31)19-7-3-1-4-8-19)25(37)17-11-13-18(14-12-17)26(38)24-22(16-30)28(32)36(34-24)20-9-5-2-6-10-20/h1-14H,31-32H2. The first kappa shape index (κ1) is 23.7. The van der Waals surface area contributed by atoms with E-state index in [0.717, 1.165) is 0 Å². The van der Waals surface area contributed by atoms with E-state index < -0.39 is 11.6 Å². The minimum atomic E-state index is -0.530. The molecule has 5 rings (SSSR count). The van der Waals surface area contributed by atoms with E-state index in [1.807, 2.05) is 24.3 Å². The van der Waals surface area contributed by atoms with Gasteiger partial charge in [0.15, 0.2) is 11.4 Å². The normalized spacial score (nSPS) is 10.5. The van der Waals surface area contributed by atoms with Crippen molar-refractivity contribution in [2.75, 3.05) is 11.5 Å². The molecule has 3 aromatic carbocycles. The number of para-hydroxylation sites is 2. The van der Waals surface area contributed by atoms with Crippen LogP contribution in [0.5, 0.6) is 0 Å². The molecular weight excluding hydrogens is 480 g/mol. The Hall–Kier alpha value is -6.00. The first-order valence-corrected chi connectivity index (χ1v) is 11.3. The number of nitrogen functional groups attached to an aromatic ring is 2. The van der Waals surface area contributed by atoms with Crippen LogP contribution in [0.3, 0.4) is 0 Å². The van der Waals surface area contributed by atoms with Gasteiger partial charge in [-0.25, -0.2) is 9.36 Å². The SMILES string of the molecule is N#Cc1c(C(=O)c2ccc(C(=O)c3nn(-c4ccccc4)c(N)c3C#N)cc2)nn(-c2ccccc2)c1N. The summed E-state index contributed by atoms with van der Waals surface area (Å²) in [5, 5.41) is 27.8. The third-order valence-corrected chi connectivity index (χ3v) is 5.91. The van der Waals surface area contributed by atoms with Gasteiger partial charge >= 0.3 is 0 Å². The molecule has 0 saturated carbocycles. The van der Waals surface area contributed by atoms with Gasteiger partial charge in [0.25, 0.3) is 0 Å². The number of nitriles is 2. The number of ketones is 2. The highest BCUT2D eigenvalue weighted by molar-refractivity contribution is 6.12. The van der Waals surface area contributed by atoms with Crippen molar-refractivity contribution in [3.05, 3.63) is 119 Å². The monoisotopic (exact) mass is 498 g/mol. The van der Waals surface area contributed by atoms with Crippen molar-refractivity contribution in [2.24, 2.45) is 0 Å². The Kier molecular flexibility index (Phi) is 5.97. The zero-order valence-corrected chi connectivity index (χ0v) is 19.7. The smallest absolute Gasteiger partial charge is 0.214 e. The molecule has 0 radical (unpaired) electrons. The average Bonchev–Trinajstić information content (AvgIpc) is 3.49. The molecule has 0 fully saturated rings. The lowest BCUT2D eigenvalue weighted by atomic mass is 10.0. The molecule has 0 spiro atoms. The van der Waals surface area contributed by atoms with Gasteiger partial charge < -0.3 is 11.5 Å². The molecule has 0 atom stereocenters. The second kappa shape index (κ2) is 9.57. The van der Waals surface area contributed by atoms with Gasteiger partial charge in [0.2, 0.25) is 11.6 Å². The molecule has 2 heterocycles. The number of nitrogens with zero attached hydrogens (tertiary/aromatic N) is 6. The fourth-order valence-electron chi connectivity index (χ4n) is 3.98. The Morgan fingerprint density at radius 3 is 1.26 bits per heavy atom. The van der Waals surface area contributed by atoms with Crippen molar-refractivity contribution in [1.29, 1.82) is 10.5 Å². The highest BCUT2D eigenvalue weighted by Crippen LogP contribution is 2.25. The van der Waals surface area contributed by atoms with Crippen molar-refractivity contribution < 1.29 is 9.59 Å². The summed E-state index contributed by atoms with van der Waals surface area (Å²) in [6.45, 7) is 0. The van der Waals surface area contributed by atoms with Gasteiger partial charge in [-0.15, -0.1) is 0 Å². The molecular formula is C28H18N8O2. The maximum Gasteiger partial charge on any atom is 0.214 e. The number of nitrogens with two attached hydrogens (primary N) is 2. The molecule has 0 unspecified atom stereocenters. The van der Waals surface area contributed by atoms with E-state index >= 15 is 0 Å². The van der Waals surface area contributed by atoms with E-state index in [1.165, 1.54) is 33.6 Å². The summed E-state index contributed by atoms with van der Waals surface area (Å²) >= 11 is 0. The Labute approximate surface area is 216 Å². The van der Waals surface area contributed by atoms with Crippen LogP contribution in [-0.2, 0) is 0 Å². The number of carbonyl (C=O) groups is 2. The summed E-state index contributed by atoms with van der Waals surface area (Å²) in [4.78, 5) is 26.5. The number of aromatic nitrogens is 4. The van der Waals surface area contributed by atoms with Crippen LogP contribution in [-0.4, -0.2) is 31.1 Å². The predicted molar refractivity (Wildman–Crippen MR) is 139 cm³/mol. The van der Waals surface area contributed by atoms with E-state index in [2.05, 4.69) is 10.2 Å². The summed E-state index contributed by atoms with van der Waals surface area (Å²) in [7, 11) is 0. The maximum absolute atomic E-state index is 13.2. The van der Waals surface area contributed by atoms with Crippen LogP contribution in [0.25, 0.3) is 11.4 Å². The fraction of sp³-hybridized carbons (Fsp3) is 0. The molecule has 10 nitrogen and oxygen atoms in total. The van der Waals surface area contributed by atoms with Crippen LogP contribution in [0, 0.1) is 22.7 Å². The molecule has 38 heavy (non-hydrogen) atoms. The molecule has 0 aliphatic rings. The summed E-state index contributed by atoms with van der Waals surface area (Å²) < 4.78 is 2.67. The molecule has 0 saturated heterocycles. The summed E-state index contributed by atoms with van der Waals surface area (Å²) in [6, 6.07) is 27.5. The Morgan fingerprint density at radius 1 is 0.605 bits per heavy atom. The Morgan fingerprint density at radius 2 is 0.947 bits per heavy atom. The lowest BCUT2D eigenvalue weighted by Crippen LogP contribution is -2.08. The average molecular weight is 499 g/mol. The minimum absolute atomic E-state index is 0.0420. The third kappa shape index (κ3) is 3.94.